The molecule has 1 saturated heterocycles. The Kier molecular flexibility index (Phi) is 6.84. The summed E-state index contributed by atoms with van der Waals surface area (Å²) in [7, 11) is 0. The second-order valence-electron chi connectivity index (χ2n) is 8.59. The highest BCUT2D eigenvalue weighted by molar-refractivity contribution is 5.95. The van der Waals surface area contributed by atoms with E-state index in [1.165, 1.54) is 49.4 Å². The van der Waals surface area contributed by atoms with Crippen LogP contribution in [0.5, 0.6) is 0 Å². The van der Waals surface area contributed by atoms with E-state index in [0.717, 1.165) is 38.5 Å². The Morgan fingerprint density at radius 3 is 2.70 bits per heavy atom. The summed E-state index contributed by atoms with van der Waals surface area (Å²) < 4.78 is 6.38. The highest BCUT2D eigenvalue weighted by Crippen LogP contribution is 2.24. The van der Waals surface area contributed by atoms with E-state index in [2.05, 4.69) is 19.9 Å². The average Bonchev–Trinajstić information content (AvgIpc) is 3.05. The van der Waals surface area contributed by atoms with Crippen molar-refractivity contribution in [3.05, 3.63) is 33.9 Å². The Bertz CT molecular complexity index is 915. The van der Waals surface area contributed by atoms with Crippen LogP contribution in [-0.4, -0.2) is 69.7 Å². The summed E-state index contributed by atoms with van der Waals surface area (Å²) in [6, 6.07) is 1.56. The Balaban J connectivity index is 1.41. The van der Waals surface area contributed by atoms with Crippen LogP contribution in [0.4, 0.5) is 0 Å². The molecule has 0 spiro atoms. The Morgan fingerprint density at radius 2 is 1.90 bits per heavy atom. The van der Waals surface area contributed by atoms with Gasteiger partial charge in [-0.3, -0.25) is 14.8 Å². The van der Waals surface area contributed by atoms with Crippen molar-refractivity contribution in [3.8, 4) is 0 Å². The molecule has 0 unspecified atom stereocenters. The van der Waals surface area contributed by atoms with Crippen molar-refractivity contribution in [3.63, 3.8) is 0 Å². The van der Waals surface area contributed by atoms with Gasteiger partial charge < -0.3 is 9.64 Å². The number of carbonyl (C=O) groups excluding carboxylic acids is 1. The third-order valence-electron chi connectivity index (χ3n) is 6.35. The highest BCUT2D eigenvalue weighted by Gasteiger charge is 2.21. The molecule has 0 aromatic carbocycles. The van der Waals surface area contributed by atoms with Crippen LogP contribution in [0.25, 0.3) is 5.65 Å². The summed E-state index contributed by atoms with van der Waals surface area (Å²) in [4.78, 5) is 34.3. The smallest absolute Gasteiger partial charge is 0.343 e. The van der Waals surface area contributed by atoms with Crippen molar-refractivity contribution in [1.29, 1.82) is 0 Å². The Morgan fingerprint density at radius 1 is 1.13 bits per heavy atom. The second-order valence-corrected chi connectivity index (χ2v) is 8.59. The van der Waals surface area contributed by atoms with Gasteiger partial charge in [-0.25, -0.2) is 14.3 Å². The van der Waals surface area contributed by atoms with Crippen molar-refractivity contribution in [2.45, 2.75) is 52.0 Å². The molecule has 1 N–H and O–H groups in total. The zero-order valence-electron chi connectivity index (χ0n) is 17.9. The number of hydrogen-bond donors (Lipinski definition) is 1. The molecule has 0 atom stereocenters. The fourth-order valence-electron chi connectivity index (χ4n) is 4.80. The van der Waals surface area contributed by atoms with Gasteiger partial charge in [0.25, 0.3) is 5.56 Å². The van der Waals surface area contributed by atoms with Crippen LogP contribution in [0.3, 0.4) is 0 Å². The largest absolute Gasteiger partial charge is 0.462 e. The number of fused-ring (bicyclic) bond motifs is 1. The maximum Gasteiger partial charge on any atom is 0.343 e. The molecule has 2 fully saturated rings. The predicted octanol–water partition coefficient (Wildman–Crippen LogP) is 2.29. The summed E-state index contributed by atoms with van der Waals surface area (Å²) in [6.45, 7) is 8.08. The number of rotatable bonds is 6. The number of H-pyrrole nitrogens is 1. The standard InChI is InChI=1S/C22H33N5O3/c1-2-30-22(29)19-14-23-27-20(28)13-18(24-21(19)27)16-26-10-6-9-25(11-12-26)15-17-7-4-3-5-8-17/h13-14,17,23H,2-12,15-16H2,1H3. The Labute approximate surface area is 177 Å². The van der Waals surface area contributed by atoms with E-state index in [9.17, 15) is 9.59 Å². The van der Waals surface area contributed by atoms with E-state index in [-0.39, 0.29) is 12.2 Å². The van der Waals surface area contributed by atoms with Crippen LogP contribution >= 0.6 is 0 Å². The van der Waals surface area contributed by atoms with Gasteiger partial charge in [0.1, 0.15) is 5.56 Å². The molecule has 1 saturated carbocycles. The summed E-state index contributed by atoms with van der Waals surface area (Å²) in [6.07, 6.45) is 9.57. The summed E-state index contributed by atoms with van der Waals surface area (Å²) in [5, 5.41) is 2.80. The number of ether oxygens (including phenoxy) is 1. The van der Waals surface area contributed by atoms with Gasteiger partial charge in [0.05, 0.1) is 12.3 Å². The van der Waals surface area contributed by atoms with Gasteiger partial charge in [-0.1, -0.05) is 19.3 Å². The van der Waals surface area contributed by atoms with Gasteiger partial charge in [-0.2, -0.15) is 0 Å². The molecule has 2 aliphatic rings. The van der Waals surface area contributed by atoms with Gasteiger partial charge in [0.15, 0.2) is 5.65 Å². The van der Waals surface area contributed by atoms with Gasteiger partial charge in [0.2, 0.25) is 0 Å². The molecule has 1 aliphatic carbocycles. The van der Waals surface area contributed by atoms with E-state index < -0.39 is 5.97 Å². The zero-order valence-corrected chi connectivity index (χ0v) is 17.9. The lowest BCUT2D eigenvalue weighted by atomic mass is 9.89. The van der Waals surface area contributed by atoms with Gasteiger partial charge >= 0.3 is 5.97 Å². The molecule has 4 rings (SSSR count). The molecular weight excluding hydrogens is 382 g/mol. The minimum Gasteiger partial charge on any atom is -0.462 e. The minimum absolute atomic E-state index is 0.209. The van der Waals surface area contributed by atoms with Crippen LogP contribution in [0.1, 0.15) is 61.5 Å². The van der Waals surface area contributed by atoms with Gasteiger partial charge in [0, 0.05) is 38.4 Å². The number of nitrogens with one attached hydrogen (secondary N) is 1. The number of aromatic amines is 1. The van der Waals surface area contributed by atoms with Crippen molar-refractivity contribution >= 4 is 11.6 Å². The molecule has 2 aromatic rings. The molecule has 0 bridgehead atoms. The van der Waals surface area contributed by atoms with Crippen molar-refractivity contribution in [1.82, 2.24) is 24.4 Å². The van der Waals surface area contributed by atoms with Gasteiger partial charge in [-0.15, -0.1) is 0 Å². The zero-order chi connectivity index (χ0) is 20.9. The third-order valence-corrected chi connectivity index (χ3v) is 6.35. The first-order chi connectivity index (χ1) is 14.6. The van der Waals surface area contributed by atoms with E-state index in [1.54, 1.807) is 13.0 Å². The fourth-order valence-corrected chi connectivity index (χ4v) is 4.80. The summed E-state index contributed by atoms with van der Waals surface area (Å²) in [5.41, 5.74) is 1.13. The van der Waals surface area contributed by atoms with Crippen molar-refractivity contribution in [2.24, 2.45) is 5.92 Å². The van der Waals surface area contributed by atoms with E-state index in [1.807, 2.05) is 0 Å². The van der Waals surface area contributed by atoms with Crippen LogP contribution < -0.4 is 5.56 Å². The SMILES string of the molecule is CCOC(=O)c1c[nH]n2c(=O)cc(CN3CCCN(CC4CCCCC4)CC3)nc12. The minimum atomic E-state index is -0.464. The summed E-state index contributed by atoms with van der Waals surface area (Å²) >= 11 is 0. The van der Waals surface area contributed by atoms with E-state index in [4.69, 9.17) is 4.74 Å². The highest BCUT2D eigenvalue weighted by atomic mass is 16.5. The number of carbonyl (C=O) groups is 1. The number of hydrogen-bond acceptors (Lipinski definition) is 6. The second kappa shape index (κ2) is 9.75. The number of nitrogens with zero attached hydrogens (tertiary/aromatic N) is 4. The van der Waals surface area contributed by atoms with Crippen molar-refractivity contribution in [2.75, 3.05) is 39.3 Å². The van der Waals surface area contributed by atoms with Crippen LogP contribution in [0.15, 0.2) is 17.1 Å². The van der Waals surface area contributed by atoms with Gasteiger partial charge in [-0.05, 0) is 45.2 Å². The monoisotopic (exact) mass is 415 g/mol. The molecule has 1 aliphatic heterocycles. The first-order valence-electron chi connectivity index (χ1n) is 11.4. The maximum absolute atomic E-state index is 12.5. The molecule has 3 heterocycles. The van der Waals surface area contributed by atoms with E-state index >= 15 is 0 Å². The van der Waals surface area contributed by atoms with Crippen LogP contribution in [0, 0.1) is 5.92 Å². The maximum atomic E-state index is 12.5. The molecule has 8 nitrogen and oxygen atoms in total. The lowest BCUT2D eigenvalue weighted by Gasteiger charge is -2.28. The molecule has 0 amide bonds. The van der Waals surface area contributed by atoms with Crippen LogP contribution in [0.2, 0.25) is 0 Å². The molecule has 8 heteroatoms. The first kappa shape index (κ1) is 21.1. The van der Waals surface area contributed by atoms with Crippen molar-refractivity contribution < 1.29 is 9.53 Å². The summed E-state index contributed by atoms with van der Waals surface area (Å²) in [5.74, 6) is 0.401. The molecule has 0 radical (unpaired) electrons. The normalized spacial score (nSPS) is 19.8. The average molecular weight is 416 g/mol. The lowest BCUT2D eigenvalue weighted by Crippen LogP contribution is -2.34. The van der Waals surface area contributed by atoms with E-state index in [0.29, 0.717) is 23.4 Å². The first-order valence-corrected chi connectivity index (χ1v) is 11.4. The number of aromatic nitrogens is 3. The molecular formula is C22H33N5O3. The molecule has 30 heavy (non-hydrogen) atoms. The Hall–Kier alpha value is -2.19. The fraction of sp³-hybridized carbons (Fsp3) is 0.682. The predicted molar refractivity (Wildman–Crippen MR) is 115 cm³/mol. The van der Waals surface area contributed by atoms with Crippen LogP contribution in [-0.2, 0) is 11.3 Å². The topological polar surface area (TPSA) is 82.9 Å². The number of esters is 1. The lowest BCUT2D eigenvalue weighted by molar-refractivity contribution is 0.0528. The quantitative estimate of drug-likeness (QED) is 0.729. The molecule has 2 aromatic heterocycles. The molecule has 164 valence electrons. The third kappa shape index (κ3) is 4.92.